The van der Waals surface area contributed by atoms with Gasteiger partial charge < -0.3 is 19.9 Å². The zero-order valence-electron chi connectivity index (χ0n) is 17.7. The van der Waals surface area contributed by atoms with Crippen LogP contribution in [-0.2, 0) is 4.74 Å². The molecule has 162 valence electrons. The molecular weight excluding hydrogens is 394 g/mol. The molecule has 2 fully saturated rings. The number of amides is 1. The molecule has 1 atom stereocenters. The molecule has 3 aromatic rings. The van der Waals surface area contributed by atoms with E-state index < -0.39 is 0 Å². The topological polar surface area (TPSA) is 99.3 Å². The SMILES string of the molecule is Cc1cc(C(=O)NC2CCCN(c3cc(N4CCOCC4)ncn3)C2)c2[nH]ncc2c1. The van der Waals surface area contributed by atoms with E-state index >= 15 is 0 Å². The lowest BCUT2D eigenvalue weighted by molar-refractivity contribution is 0.0934. The quantitative estimate of drug-likeness (QED) is 0.664. The zero-order chi connectivity index (χ0) is 21.2. The molecule has 0 saturated carbocycles. The third-order valence-corrected chi connectivity index (χ3v) is 5.99. The van der Waals surface area contributed by atoms with Crippen LogP contribution in [0.4, 0.5) is 11.6 Å². The average molecular weight is 422 g/mol. The second kappa shape index (κ2) is 8.50. The predicted molar refractivity (Wildman–Crippen MR) is 119 cm³/mol. The second-order valence-electron chi connectivity index (χ2n) is 8.24. The van der Waals surface area contributed by atoms with Crippen molar-refractivity contribution < 1.29 is 9.53 Å². The number of anilines is 2. The maximum atomic E-state index is 13.1. The van der Waals surface area contributed by atoms with Crippen molar-refractivity contribution in [2.45, 2.75) is 25.8 Å². The highest BCUT2D eigenvalue weighted by Gasteiger charge is 2.25. The van der Waals surface area contributed by atoms with Gasteiger partial charge in [-0.2, -0.15) is 5.10 Å². The van der Waals surface area contributed by atoms with E-state index in [1.165, 1.54) is 0 Å². The van der Waals surface area contributed by atoms with E-state index in [0.717, 1.165) is 80.3 Å². The molecule has 2 aromatic heterocycles. The molecule has 0 spiro atoms. The van der Waals surface area contributed by atoms with Gasteiger partial charge in [0.2, 0.25) is 0 Å². The lowest BCUT2D eigenvalue weighted by Crippen LogP contribution is -2.48. The summed E-state index contributed by atoms with van der Waals surface area (Å²) in [6, 6.07) is 6.04. The zero-order valence-corrected chi connectivity index (χ0v) is 17.7. The number of aromatic nitrogens is 4. The van der Waals surface area contributed by atoms with Crippen LogP contribution >= 0.6 is 0 Å². The molecule has 4 heterocycles. The number of hydrogen-bond acceptors (Lipinski definition) is 7. The number of carbonyl (C=O) groups is 1. The molecule has 0 bridgehead atoms. The van der Waals surface area contributed by atoms with Crippen molar-refractivity contribution in [3.8, 4) is 0 Å². The van der Waals surface area contributed by atoms with Gasteiger partial charge in [-0.15, -0.1) is 0 Å². The number of nitrogens with zero attached hydrogens (tertiary/aromatic N) is 5. The van der Waals surface area contributed by atoms with E-state index in [4.69, 9.17) is 4.74 Å². The minimum atomic E-state index is -0.0681. The second-order valence-corrected chi connectivity index (χ2v) is 8.24. The molecule has 0 aliphatic carbocycles. The fraction of sp³-hybridized carbons (Fsp3) is 0.455. The Kier molecular flexibility index (Phi) is 5.42. The van der Waals surface area contributed by atoms with Gasteiger partial charge in [-0.1, -0.05) is 0 Å². The Balaban J connectivity index is 1.29. The number of H-pyrrole nitrogens is 1. The van der Waals surface area contributed by atoms with E-state index in [0.29, 0.717) is 5.56 Å². The van der Waals surface area contributed by atoms with Crippen LogP contribution < -0.4 is 15.1 Å². The van der Waals surface area contributed by atoms with Crippen molar-refractivity contribution in [3.05, 3.63) is 41.9 Å². The number of benzene rings is 1. The van der Waals surface area contributed by atoms with Gasteiger partial charge in [-0.25, -0.2) is 9.97 Å². The first-order valence-corrected chi connectivity index (χ1v) is 10.8. The van der Waals surface area contributed by atoms with Crippen LogP contribution in [0.3, 0.4) is 0 Å². The van der Waals surface area contributed by atoms with Gasteiger partial charge in [0.1, 0.15) is 18.0 Å². The van der Waals surface area contributed by atoms with Crippen LogP contribution in [0.15, 0.2) is 30.7 Å². The van der Waals surface area contributed by atoms with Gasteiger partial charge in [0.05, 0.1) is 30.5 Å². The Morgan fingerprint density at radius 1 is 1.13 bits per heavy atom. The molecule has 9 heteroatoms. The predicted octanol–water partition coefficient (Wildman–Crippen LogP) is 1.90. The third-order valence-electron chi connectivity index (χ3n) is 5.99. The molecule has 2 saturated heterocycles. The van der Waals surface area contributed by atoms with Crippen molar-refractivity contribution in [1.29, 1.82) is 0 Å². The summed E-state index contributed by atoms with van der Waals surface area (Å²) in [5, 5.41) is 11.2. The van der Waals surface area contributed by atoms with Crippen LogP contribution in [0.25, 0.3) is 10.9 Å². The largest absolute Gasteiger partial charge is 0.378 e. The first kappa shape index (κ1) is 19.7. The summed E-state index contributed by atoms with van der Waals surface area (Å²) >= 11 is 0. The number of aryl methyl sites for hydroxylation is 1. The summed E-state index contributed by atoms with van der Waals surface area (Å²) in [5.74, 6) is 1.77. The van der Waals surface area contributed by atoms with Crippen LogP contribution in [0.1, 0.15) is 28.8 Å². The summed E-state index contributed by atoms with van der Waals surface area (Å²) < 4.78 is 5.44. The normalized spacial score (nSPS) is 19.6. The van der Waals surface area contributed by atoms with Crippen LogP contribution in [0.2, 0.25) is 0 Å². The Bertz CT molecular complexity index is 1080. The number of ether oxygens (including phenoxy) is 1. The Morgan fingerprint density at radius 3 is 2.77 bits per heavy atom. The molecule has 2 aliphatic heterocycles. The van der Waals surface area contributed by atoms with Gasteiger partial charge in [0.25, 0.3) is 5.91 Å². The van der Waals surface area contributed by atoms with Crippen molar-refractivity contribution in [3.63, 3.8) is 0 Å². The first-order valence-electron chi connectivity index (χ1n) is 10.8. The first-order chi connectivity index (χ1) is 15.2. The molecule has 5 rings (SSSR count). The molecule has 1 amide bonds. The van der Waals surface area contributed by atoms with Crippen molar-refractivity contribution in [2.75, 3.05) is 49.2 Å². The van der Waals surface area contributed by atoms with Crippen LogP contribution in [0.5, 0.6) is 0 Å². The van der Waals surface area contributed by atoms with Gasteiger partial charge in [0.15, 0.2) is 0 Å². The highest BCUT2D eigenvalue weighted by Crippen LogP contribution is 2.23. The lowest BCUT2D eigenvalue weighted by Gasteiger charge is -2.34. The number of hydrogen-bond donors (Lipinski definition) is 2. The number of carbonyl (C=O) groups excluding carboxylic acids is 1. The Hall–Kier alpha value is -3.20. The summed E-state index contributed by atoms with van der Waals surface area (Å²) in [6.45, 7) is 6.76. The van der Waals surface area contributed by atoms with Crippen LogP contribution in [-0.4, -0.2) is 71.5 Å². The van der Waals surface area contributed by atoms with Gasteiger partial charge >= 0.3 is 0 Å². The maximum Gasteiger partial charge on any atom is 0.253 e. The van der Waals surface area contributed by atoms with E-state index in [-0.39, 0.29) is 11.9 Å². The fourth-order valence-electron chi connectivity index (χ4n) is 4.43. The summed E-state index contributed by atoms with van der Waals surface area (Å²) in [5.41, 5.74) is 2.46. The molecule has 0 radical (unpaired) electrons. The van der Waals surface area contributed by atoms with Gasteiger partial charge in [0, 0.05) is 43.7 Å². The number of rotatable bonds is 4. The van der Waals surface area contributed by atoms with Crippen molar-refractivity contribution >= 4 is 28.4 Å². The van der Waals surface area contributed by atoms with Crippen molar-refractivity contribution in [1.82, 2.24) is 25.5 Å². The molecule has 2 N–H and O–H groups in total. The molecule has 1 unspecified atom stereocenters. The van der Waals surface area contributed by atoms with E-state index in [1.807, 2.05) is 25.1 Å². The summed E-state index contributed by atoms with van der Waals surface area (Å²) in [6.07, 6.45) is 5.32. The highest BCUT2D eigenvalue weighted by atomic mass is 16.5. The van der Waals surface area contributed by atoms with Gasteiger partial charge in [-0.3, -0.25) is 9.89 Å². The monoisotopic (exact) mass is 421 g/mol. The van der Waals surface area contributed by atoms with E-state index in [2.05, 4.69) is 35.3 Å². The number of nitrogens with one attached hydrogen (secondary N) is 2. The highest BCUT2D eigenvalue weighted by molar-refractivity contribution is 6.05. The molecule has 1 aromatic carbocycles. The summed E-state index contributed by atoms with van der Waals surface area (Å²) in [4.78, 5) is 26.5. The minimum absolute atomic E-state index is 0.0570. The molecule has 31 heavy (non-hydrogen) atoms. The fourth-order valence-corrected chi connectivity index (χ4v) is 4.43. The number of morpholine rings is 1. The molecular formula is C22H27N7O2. The average Bonchev–Trinajstić information content (AvgIpc) is 3.28. The maximum absolute atomic E-state index is 13.1. The summed E-state index contributed by atoms with van der Waals surface area (Å²) in [7, 11) is 0. The molecule has 2 aliphatic rings. The third kappa shape index (κ3) is 4.18. The van der Waals surface area contributed by atoms with Crippen molar-refractivity contribution in [2.24, 2.45) is 0 Å². The Morgan fingerprint density at radius 2 is 1.94 bits per heavy atom. The number of piperidine rings is 1. The van der Waals surface area contributed by atoms with Gasteiger partial charge in [-0.05, 0) is 37.5 Å². The standard InChI is InChI=1S/C22H27N7O2/c1-15-9-16-12-25-27-21(16)18(10-15)22(30)26-17-3-2-4-29(13-17)20-11-19(23-14-24-20)28-5-7-31-8-6-28/h9-12,14,17H,2-8,13H2,1H3,(H,25,27)(H,26,30). The lowest BCUT2D eigenvalue weighted by atomic mass is 10.0. The molecule has 9 nitrogen and oxygen atoms in total. The Labute approximate surface area is 180 Å². The number of aromatic amines is 1. The van der Waals surface area contributed by atoms with E-state index in [1.54, 1.807) is 12.5 Å². The van der Waals surface area contributed by atoms with Crippen LogP contribution in [0, 0.1) is 6.92 Å². The number of fused-ring (bicyclic) bond motifs is 1. The smallest absolute Gasteiger partial charge is 0.253 e. The minimum Gasteiger partial charge on any atom is -0.378 e. The van der Waals surface area contributed by atoms with E-state index in [9.17, 15) is 4.79 Å².